The largest absolute Gasteiger partial charge is 0.390 e. The fourth-order valence-electron chi connectivity index (χ4n) is 1.94. The third-order valence-electron chi connectivity index (χ3n) is 2.82. The zero-order valence-electron chi connectivity index (χ0n) is 8.25. The van der Waals surface area contributed by atoms with Gasteiger partial charge < -0.3 is 5.11 Å². The van der Waals surface area contributed by atoms with E-state index in [9.17, 15) is 9.50 Å². The summed E-state index contributed by atoms with van der Waals surface area (Å²) in [6.45, 7) is 2.00. The molecule has 13 heavy (non-hydrogen) atoms. The van der Waals surface area contributed by atoms with E-state index >= 15 is 0 Å². The van der Waals surface area contributed by atoms with E-state index in [1.165, 1.54) is 0 Å². The van der Waals surface area contributed by atoms with Crippen molar-refractivity contribution in [3.8, 4) is 0 Å². The number of hydrogen-bond donors (Lipinski definition) is 1. The summed E-state index contributed by atoms with van der Waals surface area (Å²) in [7, 11) is 0. The SMILES string of the molecule is C/C=C/CCC1CCC(O)C(F)C1. The van der Waals surface area contributed by atoms with Crippen LogP contribution in [0.1, 0.15) is 39.0 Å². The van der Waals surface area contributed by atoms with Crippen LogP contribution in [0.4, 0.5) is 4.39 Å². The van der Waals surface area contributed by atoms with Gasteiger partial charge in [-0.05, 0) is 44.9 Å². The summed E-state index contributed by atoms with van der Waals surface area (Å²) < 4.78 is 13.1. The lowest BCUT2D eigenvalue weighted by Gasteiger charge is -2.28. The number of alkyl halides is 1. The van der Waals surface area contributed by atoms with Crippen LogP contribution in [0.3, 0.4) is 0 Å². The van der Waals surface area contributed by atoms with Gasteiger partial charge in [-0.15, -0.1) is 0 Å². The number of aliphatic hydroxyl groups is 1. The zero-order valence-corrected chi connectivity index (χ0v) is 8.25. The minimum absolute atomic E-state index is 0.481. The van der Waals surface area contributed by atoms with Gasteiger partial charge in [0.05, 0.1) is 6.10 Å². The molecule has 1 N–H and O–H groups in total. The second kappa shape index (κ2) is 5.38. The lowest BCUT2D eigenvalue weighted by molar-refractivity contribution is 0.0232. The molecule has 0 amide bonds. The molecule has 0 saturated heterocycles. The molecule has 1 rings (SSSR count). The molecule has 0 aliphatic heterocycles. The molecule has 76 valence electrons. The van der Waals surface area contributed by atoms with Crippen molar-refractivity contribution in [1.82, 2.24) is 0 Å². The van der Waals surface area contributed by atoms with Crippen LogP contribution in [-0.4, -0.2) is 17.4 Å². The number of allylic oxidation sites excluding steroid dienone is 2. The Labute approximate surface area is 79.7 Å². The lowest BCUT2D eigenvalue weighted by Crippen LogP contribution is -2.30. The Hall–Kier alpha value is -0.370. The van der Waals surface area contributed by atoms with E-state index in [4.69, 9.17) is 0 Å². The highest BCUT2D eigenvalue weighted by atomic mass is 19.1. The Morgan fingerprint density at radius 3 is 2.85 bits per heavy atom. The average Bonchev–Trinajstić information content (AvgIpc) is 2.12. The van der Waals surface area contributed by atoms with Gasteiger partial charge in [0, 0.05) is 0 Å². The van der Waals surface area contributed by atoms with E-state index in [1.807, 2.05) is 13.0 Å². The molecule has 1 saturated carbocycles. The standard InChI is InChI=1S/C11H19FO/c1-2-3-4-5-9-6-7-11(13)10(12)8-9/h2-3,9-11,13H,4-8H2,1H3/b3-2+. The molecule has 2 heteroatoms. The normalized spacial score (nSPS) is 35.5. The second-order valence-electron chi connectivity index (χ2n) is 3.91. The summed E-state index contributed by atoms with van der Waals surface area (Å²) in [4.78, 5) is 0. The molecule has 0 heterocycles. The van der Waals surface area contributed by atoms with Crippen LogP contribution in [0.2, 0.25) is 0 Å². The van der Waals surface area contributed by atoms with Crippen molar-refractivity contribution < 1.29 is 9.50 Å². The van der Waals surface area contributed by atoms with Crippen LogP contribution in [0.5, 0.6) is 0 Å². The third kappa shape index (κ3) is 3.47. The maximum Gasteiger partial charge on any atom is 0.126 e. The van der Waals surface area contributed by atoms with Crippen LogP contribution >= 0.6 is 0 Å². The number of hydrogen-bond acceptors (Lipinski definition) is 1. The summed E-state index contributed by atoms with van der Waals surface area (Å²) in [6.07, 6.45) is 6.77. The molecule has 0 aromatic heterocycles. The highest BCUT2D eigenvalue weighted by Crippen LogP contribution is 2.29. The summed E-state index contributed by atoms with van der Waals surface area (Å²) in [6, 6.07) is 0. The molecule has 0 aromatic rings. The van der Waals surface area contributed by atoms with Gasteiger partial charge in [-0.3, -0.25) is 0 Å². The fraction of sp³-hybridized carbons (Fsp3) is 0.818. The maximum atomic E-state index is 13.1. The van der Waals surface area contributed by atoms with Crippen molar-refractivity contribution in [2.45, 2.75) is 51.3 Å². The first-order valence-corrected chi connectivity index (χ1v) is 5.17. The first-order chi connectivity index (χ1) is 6.24. The molecule has 1 aliphatic carbocycles. The van der Waals surface area contributed by atoms with Gasteiger partial charge in [0.15, 0.2) is 0 Å². The number of aliphatic hydroxyl groups excluding tert-OH is 1. The van der Waals surface area contributed by atoms with Crippen LogP contribution in [0.25, 0.3) is 0 Å². The zero-order chi connectivity index (χ0) is 9.68. The first-order valence-electron chi connectivity index (χ1n) is 5.17. The number of rotatable bonds is 3. The average molecular weight is 186 g/mol. The molecule has 0 bridgehead atoms. The van der Waals surface area contributed by atoms with Crippen molar-refractivity contribution >= 4 is 0 Å². The molecule has 3 unspecified atom stereocenters. The molecule has 0 radical (unpaired) electrons. The van der Waals surface area contributed by atoms with Crippen LogP contribution < -0.4 is 0 Å². The van der Waals surface area contributed by atoms with Gasteiger partial charge in [-0.2, -0.15) is 0 Å². The molecule has 0 aromatic carbocycles. The van der Waals surface area contributed by atoms with Crippen molar-refractivity contribution in [3.05, 3.63) is 12.2 Å². The van der Waals surface area contributed by atoms with Gasteiger partial charge in [-0.25, -0.2) is 4.39 Å². The van der Waals surface area contributed by atoms with Crippen molar-refractivity contribution in [2.75, 3.05) is 0 Å². The molecule has 3 atom stereocenters. The van der Waals surface area contributed by atoms with Crippen LogP contribution in [0.15, 0.2) is 12.2 Å². The smallest absolute Gasteiger partial charge is 0.126 e. The Bertz CT molecular complexity index is 167. The Kier molecular flexibility index (Phi) is 4.43. The fourth-order valence-corrected chi connectivity index (χ4v) is 1.94. The van der Waals surface area contributed by atoms with E-state index in [0.29, 0.717) is 18.8 Å². The predicted octanol–water partition coefficient (Wildman–Crippen LogP) is 2.84. The van der Waals surface area contributed by atoms with Gasteiger partial charge in [0.1, 0.15) is 6.17 Å². The second-order valence-corrected chi connectivity index (χ2v) is 3.91. The molecule has 1 aliphatic rings. The van der Waals surface area contributed by atoms with E-state index in [-0.39, 0.29) is 0 Å². The van der Waals surface area contributed by atoms with Crippen LogP contribution in [-0.2, 0) is 0 Å². The predicted molar refractivity (Wildman–Crippen MR) is 52.3 cm³/mol. The van der Waals surface area contributed by atoms with E-state index < -0.39 is 12.3 Å². The monoisotopic (exact) mass is 186 g/mol. The summed E-state index contributed by atoms with van der Waals surface area (Å²) in [5, 5.41) is 9.18. The minimum atomic E-state index is -0.982. The van der Waals surface area contributed by atoms with Gasteiger partial charge in [0.25, 0.3) is 0 Å². The van der Waals surface area contributed by atoms with E-state index in [1.54, 1.807) is 0 Å². The summed E-state index contributed by atoms with van der Waals surface area (Å²) in [5.41, 5.74) is 0. The Morgan fingerprint density at radius 1 is 1.46 bits per heavy atom. The topological polar surface area (TPSA) is 20.2 Å². The highest BCUT2D eigenvalue weighted by molar-refractivity contribution is 4.83. The van der Waals surface area contributed by atoms with Crippen molar-refractivity contribution in [2.24, 2.45) is 5.92 Å². The Morgan fingerprint density at radius 2 is 2.23 bits per heavy atom. The molecule has 1 fully saturated rings. The summed E-state index contributed by atoms with van der Waals surface area (Å²) in [5.74, 6) is 0.481. The molecule has 1 nitrogen and oxygen atoms in total. The number of halogens is 1. The first kappa shape index (κ1) is 10.7. The van der Waals surface area contributed by atoms with E-state index in [0.717, 1.165) is 19.3 Å². The third-order valence-corrected chi connectivity index (χ3v) is 2.82. The molecule has 0 spiro atoms. The minimum Gasteiger partial charge on any atom is -0.390 e. The summed E-state index contributed by atoms with van der Waals surface area (Å²) >= 11 is 0. The Balaban J connectivity index is 2.21. The van der Waals surface area contributed by atoms with Gasteiger partial charge in [0.2, 0.25) is 0 Å². The highest BCUT2D eigenvalue weighted by Gasteiger charge is 2.28. The lowest BCUT2D eigenvalue weighted by atomic mass is 9.83. The van der Waals surface area contributed by atoms with Crippen molar-refractivity contribution in [1.29, 1.82) is 0 Å². The van der Waals surface area contributed by atoms with E-state index in [2.05, 4.69) is 6.08 Å². The quantitative estimate of drug-likeness (QED) is 0.672. The van der Waals surface area contributed by atoms with Gasteiger partial charge in [-0.1, -0.05) is 12.2 Å². The molecular formula is C11H19FO. The van der Waals surface area contributed by atoms with Crippen molar-refractivity contribution in [3.63, 3.8) is 0 Å². The van der Waals surface area contributed by atoms with Crippen LogP contribution in [0, 0.1) is 5.92 Å². The molecular weight excluding hydrogens is 167 g/mol. The van der Waals surface area contributed by atoms with Gasteiger partial charge >= 0.3 is 0 Å². The maximum absolute atomic E-state index is 13.1.